The Labute approximate surface area is 112 Å². The van der Waals surface area contributed by atoms with Crippen molar-refractivity contribution in [1.29, 1.82) is 0 Å². The monoisotopic (exact) mass is 222 g/mol. The van der Waals surface area contributed by atoms with Crippen LogP contribution in [0.3, 0.4) is 0 Å². The fraction of sp³-hybridized carbons (Fsp3) is 0.300. The number of rotatable bonds is 3. The van der Waals surface area contributed by atoms with Crippen LogP contribution in [0.25, 0.3) is 0 Å². The van der Waals surface area contributed by atoms with Gasteiger partial charge in [-0.25, -0.2) is 4.79 Å². The molecule has 0 heterocycles. The summed E-state index contributed by atoms with van der Waals surface area (Å²) in [7, 11) is 0. The van der Waals surface area contributed by atoms with Crippen molar-refractivity contribution in [2.45, 2.75) is 19.8 Å². The van der Waals surface area contributed by atoms with Gasteiger partial charge in [-0.15, -0.1) is 0 Å². The van der Waals surface area contributed by atoms with Crippen LogP contribution in [0, 0.1) is 0 Å². The smallest absolute Gasteiger partial charge is 1.00 e. The third-order valence-electron chi connectivity index (χ3n) is 1.84. The predicted octanol–water partition coefficient (Wildman–Crippen LogP) is -1.67. The number of hydrogen-bond acceptors (Lipinski definition) is 2. The van der Waals surface area contributed by atoms with Crippen LogP contribution in [0.15, 0.2) is 18.2 Å². The van der Waals surface area contributed by atoms with E-state index in [1.54, 1.807) is 0 Å². The van der Waals surface area contributed by atoms with E-state index in [4.69, 9.17) is 10.2 Å². The topological polar surface area (TPSA) is 89.0 Å². The molecule has 0 spiro atoms. The third-order valence-corrected chi connectivity index (χ3v) is 1.84. The second-order valence-corrected chi connectivity index (χ2v) is 2.90. The van der Waals surface area contributed by atoms with Crippen LogP contribution in [0.2, 0.25) is 0 Å². The van der Waals surface area contributed by atoms with Gasteiger partial charge in [0.25, 0.3) is 0 Å². The van der Waals surface area contributed by atoms with E-state index in [1.807, 2.05) is 6.92 Å². The maximum Gasteiger partial charge on any atom is 1.00 e. The molecule has 0 radical (unpaired) electrons. The Bertz CT molecular complexity index is 331. The van der Waals surface area contributed by atoms with Crippen molar-refractivity contribution >= 4 is 5.97 Å². The van der Waals surface area contributed by atoms with E-state index >= 15 is 0 Å². The average molecular weight is 222 g/mol. The summed E-state index contributed by atoms with van der Waals surface area (Å²) in [4.78, 5) is 10.7. The van der Waals surface area contributed by atoms with Crippen molar-refractivity contribution < 1.29 is 51.5 Å². The minimum absolute atomic E-state index is 0. The molecule has 4 N–H and O–H groups in total. The van der Waals surface area contributed by atoms with Crippen LogP contribution < -0.4 is 29.6 Å². The van der Waals surface area contributed by atoms with E-state index in [1.165, 1.54) is 18.2 Å². The molecular weight excluding hydrogens is 207 g/mol. The van der Waals surface area contributed by atoms with Gasteiger partial charge in [0.1, 0.15) is 5.75 Å². The quantitative estimate of drug-likeness (QED) is 0.599. The molecule has 1 rings (SSSR count). The number of phenols is 1. The van der Waals surface area contributed by atoms with Crippen molar-refractivity contribution in [2.24, 2.45) is 0 Å². The standard InChI is InChI=1S/C10H12O3.Na.H2O.H/c1-2-3-7-6-8(11)4-5-9(7)10(12)13;;;/h4-6,11H,2-3H2,1H3,(H,12,13);;1H2;/q;+1;;-1. The van der Waals surface area contributed by atoms with Crippen molar-refractivity contribution in [3.8, 4) is 5.75 Å². The summed E-state index contributed by atoms with van der Waals surface area (Å²) >= 11 is 0. The first-order valence-corrected chi connectivity index (χ1v) is 4.20. The first-order valence-electron chi connectivity index (χ1n) is 4.20. The molecule has 0 amide bonds. The molecular formula is C10H15NaO4. The molecule has 0 fully saturated rings. The first kappa shape index (κ1) is 16.9. The van der Waals surface area contributed by atoms with Gasteiger partial charge in [0.2, 0.25) is 0 Å². The molecule has 0 saturated carbocycles. The Balaban J connectivity index is -0.000000563. The average Bonchev–Trinajstić information content (AvgIpc) is 2.04. The molecule has 0 saturated heterocycles. The molecule has 5 heteroatoms. The molecule has 15 heavy (non-hydrogen) atoms. The molecule has 0 aliphatic rings. The van der Waals surface area contributed by atoms with Crippen LogP contribution in [-0.2, 0) is 6.42 Å². The number of aryl methyl sites for hydroxylation is 1. The minimum atomic E-state index is -0.941. The van der Waals surface area contributed by atoms with Crippen LogP contribution in [0.5, 0.6) is 5.75 Å². The number of carbonyl (C=O) groups is 1. The number of carboxylic acids is 1. The van der Waals surface area contributed by atoms with Crippen molar-refractivity contribution in [3.05, 3.63) is 29.3 Å². The normalized spacial score (nSPS) is 8.60. The van der Waals surface area contributed by atoms with Crippen molar-refractivity contribution in [1.82, 2.24) is 0 Å². The third kappa shape index (κ3) is 4.66. The van der Waals surface area contributed by atoms with Crippen LogP contribution in [0.1, 0.15) is 30.7 Å². The number of hydrogen-bond donors (Lipinski definition) is 2. The molecule has 4 nitrogen and oxygen atoms in total. The molecule has 0 aliphatic carbocycles. The Kier molecular flexibility index (Phi) is 8.66. The number of benzene rings is 1. The van der Waals surface area contributed by atoms with Gasteiger partial charge in [0.05, 0.1) is 5.56 Å². The maximum atomic E-state index is 10.7. The van der Waals surface area contributed by atoms with E-state index in [0.717, 1.165) is 6.42 Å². The van der Waals surface area contributed by atoms with Gasteiger partial charge in [0.15, 0.2) is 0 Å². The zero-order valence-electron chi connectivity index (χ0n) is 9.95. The molecule has 0 bridgehead atoms. The second-order valence-electron chi connectivity index (χ2n) is 2.90. The summed E-state index contributed by atoms with van der Waals surface area (Å²) in [6.07, 6.45) is 1.54. The Morgan fingerprint density at radius 3 is 2.53 bits per heavy atom. The molecule has 0 unspecified atom stereocenters. The van der Waals surface area contributed by atoms with E-state index in [0.29, 0.717) is 12.0 Å². The first-order chi connectivity index (χ1) is 6.15. The zero-order chi connectivity index (χ0) is 9.84. The summed E-state index contributed by atoms with van der Waals surface area (Å²) in [5, 5.41) is 18.0. The Morgan fingerprint density at radius 1 is 1.47 bits per heavy atom. The van der Waals surface area contributed by atoms with E-state index in [-0.39, 0.29) is 47.8 Å². The van der Waals surface area contributed by atoms with E-state index < -0.39 is 5.97 Å². The van der Waals surface area contributed by atoms with Crippen LogP contribution >= 0.6 is 0 Å². The summed E-state index contributed by atoms with van der Waals surface area (Å²) < 4.78 is 0. The molecule has 0 aliphatic heterocycles. The molecule has 0 aromatic heterocycles. The van der Waals surface area contributed by atoms with Crippen molar-refractivity contribution in [2.75, 3.05) is 0 Å². The Hall–Kier alpha value is -0.550. The van der Waals surface area contributed by atoms with Gasteiger partial charge in [-0.2, -0.15) is 0 Å². The summed E-state index contributed by atoms with van der Waals surface area (Å²) in [5.74, 6) is -0.822. The summed E-state index contributed by atoms with van der Waals surface area (Å²) in [6, 6.07) is 4.33. The van der Waals surface area contributed by atoms with Gasteiger partial charge in [-0.3, -0.25) is 0 Å². The van der Waals surface area contributed by atoms with Crippen molar-refractivity contribution in [3.63, 3.8) is 0 Å². The molecule has 80 valence electrons. The SMILES string of the molecule is CCCc1cc(O)ccc1C(=O)O.O.[H-].[Na+]. The number of phenolic OH excluding ortho intramolecular Hbond substituents is 1. The molecule has 1 aromatic rings. The number of carboxylic acid groups (broad SMARTS) is 1. The molecule has 0 atom stereocenters. The van der Waals surface area contributed by atoms with E-state index in [2.05, 4.69) is 0 Å². The fourth-order valence-corrected chi connectivity index (χ4v) is 1.26. The van der Waals surface area contributed by atoms with Crippen LogP contribution in [0.4, 0.5) is 0 Å². The number of aromatic hydroxyl groups is 1. The Morgan fingerprint density at radius 2 is 2.07 bits per heavy atom. The van der Waals surface area contributed by atoms with Gasteiger partial charge in [-0.05, 0) is 30.2 Å². The largest absolute Gasteiger partial charge is 1.00 e. The predicted molar refractivity (Wildman–Crippen MR) is 53.8 cm³/mol. The molecule has 1 aromatic carbocycles. The number of aromatic carboxylic acids is 1. The minimum Gasteiger partial charge on any atom is -1.00 e. The van der Waals surface area contributed by atoms with Gasteiger partial charge in [-0.1, -0.05) is 13.3 Å². The van der Waals surface area contributed by atoms with Gasteiger partial charge >= 0.3 is 35.5 Å². The van der Waals surface area contributed by atoms with E-state index in [9.17, 15) is 4.79 Å². The zero-order valence-corrected chi connectivity index (χ0v) is 10.9. The van der Waals surface area contributed by atoms with Gasteiger partial charge < -0.3 is 17.1 Å². The summed E-state index contributed by atoms with van der Waals surface area (Å²) in [5.41, 5.74) is 0.967. The summed E-state index contributed by atoms with van der Waals surface area (Å²) in [6.45, 7) is 1.97. The maximum absolute atomic E-state index is 10.7. The fourth-order valence-electron chi connectivity index (χ4n) is 1.26. The van der Waals surface area contributed by atoms with Crippen LogP contribution in [-0.4, -0.2) is 21.7 Å². The second kappa shape index (κ2) is 7.70. The van der Waals surface area contributed by atoms with Gasteiger partial charge in [0, 0.05) is 0 Å².